The molecule has 13 atom stereocenters. The van der Waals surface area contributed by atoms with E-state index in [1.54, 1.807) is 60.7 Å². The molecule has 103 heavy (non-hydrogen) atoms. The number of hydrogen-bond donors (Lipinski definition) is 6. The number of nitrogens with one attached hydrogen (secondary N) is 1. The molecule has 3 fully saturated rings. The highest BCUT2D eigenvalue weighted by molar-refractivity contribution is 7.73. The predicted molar refractivity (Wildman–Crippen MR) is 346 cm³/mol. The number of H-pyrrole nitrogens is 1. The number of anilines is 2. The first-order valence-corrected chi connectivity index (χ1v) is 31.7. The van der Waals surface area contributed by atoms with Gasteiger partial charge in [0.25, 0.3) is 0 Å². The van der Waals surface area contributed by atoms with Gasteiger partial charge in [-0.2, -0.15) is 29.4 Å². The summed E-state index contributed by atoms with van der Waals surface area (Å²) in [5, 5.41) is 52.5. The number of ether oxygens (including phenoxy) is 5. The van der Waals surface area contributed by atoms with E-state index in [1.807, 2.05) is 74.5 Å². The lowest BCUT2D eigenvalue weighted by Crippen LogP contribution is -2.58. The van der Waals surface area contributed by atoms with Gasteiger partial charge in [0.15, 0.2) is 60.0 Å². The third-order valence-electron chi connectivity index (χ3n) is 15.3. The Morgan fingerprint density at radius 2 is 1.15 bits per heavy atom. The average molecular weight is 1450 g/mol. The molecular formula is C61H65N20O21S-. The van der Waals surface area contributed by atoms with Crippen LogP contribution in [0, 0.1) is 0 Å². The fourth-order valence-corrected chi connectivity index (χ4v) is 10.6. The Morgan fingerprint density at radius 3 is 1.55 bits per heavy atom. The van der Waals surface area contributed by atoms with Gasteiger partial charge in [-0.1, -0.05) is 139 Å². The van der Waals surface area contributed by atoms with Gasteiger partial charge in [-0.3, -0.25) is 9.13 Å². The number of hydrogen-bond acceptors (Lipinski definition) is 30. The third-order valence-corrected chi connectivity index (χ3v) is 15.4. The van der Waals surface area contributed by atoms with Gasteiger partial charge >= 0.3 is 29.0 Å². The van der Waals surface area contributed by atoms with Crippen LogP contribution in [-0.4, -0.2) is 135 Å². The number of aromatic nitrogens is 9. The number of nitrogens with two attached hydrogens (primary N) is 2. The minimum absolute atomic E-state index is 0.0129. The Balaban J connectivity index is 0.000000199. The Hall–Kier alpha value is -11.2. The molecule has 0 amide bonds. The molecule has 0 saturated carbocycles. The summed E-state index contributed by atoms with van der Waals surface area (Å²) in [6.45, 7) is 2.94. The molecular weight excluding hydrogens is 1380 g/mol. The van der Waals surface area contributed by atoms with Crippen LogP contribution in [0.25, 0.3) is 37.1 Å². The Labute approximate surface area is 583 Å². The second-order valence-corrected chi connectivity index (χ2v) is 22.5. The van der Waals surface area contributed by atoms with Gasteiger partial charge in [0.2, 0.25) is 12.0 Å². The van der Waals surface area contributed by atoms with Crippen molar-refractivity contribution in [1.82, 2.24) is 38.9 Å². The number of rotatable bonds is 25. The van der Waals surface area contributed by atoms with Crippen LogP contribution in [0.15, 0.2) is 200 Å². The van der Waals surface area contributed by atoms with Crippen LogP contribution in [-0.2, 0) is 72.1 Å². The Kier molecular flexibility index (Phi) is 27.8. The molecule has 1 unspecified atom stereocenters. The first-order valence-electron chi connectivity index (χ1n) is 30.7. The van der Waals surface area contributed by atoms with Crippen LogP contribution in [0.2, 0.25) is 0 Å². The molecule has 0 bridgehead atoms. The molecule has 0 aliphatic carbocycles. The van der Waals surface area contributed by atoms with Crippen molar-refractivity contribution >= 4 is 34.9 Å². The quantitative estimate of drug-likeness (QED) is 0.00698. The largest absolute Gasteiger partial charge is 0.750 e. The van der Waals surface area contributed by atoms with Gasteiger partial charge in [-0.25, -0.2) is 52.6 Å². The number of benzene rings is 4. The SMILES string of the molecule is CCC[C@@]1(N=[N+]=[N-])O[C@@H](n2ccc(-n3cncn3)nc2=O)[C@H](OOCc2ccccc2)[C@@H]1OC(=O)c1ccccc1.CCC[C@@]1(N=[N+]=[N-])O[C@@H](n2ccc(N)nc2=O)[C@H](OOCc2ccccc2)[C@@H]1OC(=O)c1ccccc1.O=S([O-])O[O-].[N-]=[N+]=N[C@]1(CO)O[C@@H]([n+]2ccc(N)[nH]c2=O)[C@H](O)[C@@H]1O. The van der Waals surface area contributed by atoms with Crippen LogP contribution in [0.5, 0.6) is 0 Å². The first-order chi connectivity index (χ1) is 49.7. The summed E-state index contributed by atoms with van der Waals surface area (Å²) in [6.07, 6.45) is -4.07. The zero-order valence-electron chi connectivity index (χ0n) is 54.2. The highest BCUT2D eigenvalue weighted by Gasteiger charge is 2.61. The van der Waals surface area contributed by atoms with E-state index in [9.17, 15) is 50.4 Å². The minimum atomic E-state index is -2.88. The fourth-order valence-electron chi connectivity index (χ4n) is 10.6. The van der Waals surface area contributed by atoms with E-state index >= 15 is 0 Å². The third kappa shape index (κ3) is 19.2. The molecule has 3 saturated heterocycles. The minimum Gasteiger partial charge on any atom is -0.750 e. The van der Waals surface area contributed by atoms with Gasteiger partial charge < -0.3 is 64.6 Å². The van der Waals surface area contributed by atoms with Gasteiger partial charge in [0, 0.05) is 33.2 Å². The van der Waals surface area contributed by atoms with Crippen LogP contribution in [0.1, 0.15) is 90.1 Å². The lowest BCUT2D eigenvalue weighted by atomic mass is 9.99. The maximum absolute atomic E-state index is 13.2. The highest BCUT2D eigenvalue weighted by Crippen LogP contribution is 2.46. The molecule has 8 N–H and O–H groups in total. The van der Waals surface area contributed by atoms with Crippen molar-refractivity contribution in [2.75, 3.05) is 18.1 Å². The molecule has 8 aromatic rings. The number of esters is 2. The molecule has 0 spiro atoms. The number of nitrogens with zero attached hydrogens (tertiary/aromatic N) is 17. The second kappa shape index (κ2) is 36.9. The predicted octanol–water partition coefficient (Wildman–Crippen LogP) is 3.37. The van der Waals surface area contributed by atoms with Crippen LogP contribution in [0.4, 0.5) is 11.6 Å². The number of nitrogen functional groups attached to an aromatic ring is 2. The summed E-state index contributed by atoms with van der Waals surface area (Å²) in [4.78, 5) is 109. The fraction of sp³-hybridized carbons (Fsp3) is 0.344. The van der Waals surface area contributed by atoms with E-state index < -0.39 is 119 Å². The maximum atomic E-state index is 13.2. The summed E-state index contributed by atoms with van der Waals surface area (Å²) in [5.74, 6) is -1.05. The van der Waals surface area contributed by atoms with E-state index in [-0.39, 0.29) is 54.6 Å². The van der Waals surface area contributed by atoms with Crippen molar-refractivity contribution in [1.29, 1.82) is 0 Å². The van der Waals surface area contributed by atoms with E-state index in [1.165, 1.54) is 54.1 Å². The molecule has 42 heteroatoms. The smallest absolute Gasteiger partial charge is 0.499 e. The van der Waals surface area contributed by atoms with E-state index in [4.69, 9.17) is 74.3 Å². The van der Waals surface area contributed by atoms with Crippen molar-refractivity contribution in [3.05, 3.63) is 256 Å². The highest BCUT2D eigenvalue weighted by atomic mass is 32.2. The zero-order valence-corrected chi connectivity index (χ0v) is 55.0. The van der Waals surface area contributed by atoms with Gasteiger partial charge in [0.1, 0.15) is 50.1 Å². The molecule has 3 aliphatic rings. The summed E-state index contributed by atoms with van der Waals surface area (Å²) < 4.78 is 54.0. The van der Waals surface area contributed by atoms with Crippen molar-refractivity contribution in [2.45, 2.75) is 125 Å². The zero-order chi connectivity index (χ0) is 74.1. The monoisotopic (exact) mass is 1450 g/mol. The van der Waals surface area contributed by atoms with Gasteiger partial charge in [-0.05, 0) is 77.0 Å². The Morgan fingerprint density at radius 1 is 0.689 bits per heavy atom. The number of aliphatic hydroxyl groups is 3. The van der Waals surface area contributed by atoms with Crippen LogP contribution < -0.4 is 38.4 Å². The van der Waals surface area contributed by atoms with Crippen molar-refractivity contribution in [2.24, 2.45) is 15.3 Å². The van der Waals surface area contributed by atoms with Crippen LogP contribution >= 0.6 is 0 Å². The second-order valence-electron chi connectivity index (χ2n) is 22.0. The van der Waals surface area contributed by atoms with Gasteiger partial charge in [0.05, 0.1) is 29.1 Å². The first kappa shape index (κ1) is 77.5. The number of aromatic amines is 1. The number of carbonyl (C=O) groups is 2. The normalized spacial score (nSPS) is 23.9. The lowest BCUT2D eigenvalue weighted by Gasteiger charge is -2.29. The molecule has 4 aromatic carbocycles. The van der Waals surface area contributed by atoms with Crippen LogP contribution in [0.3, 0.4) is 0 Å². The number of carbonyl (C=O) groups excluding carboxylic acids is 2. The molecule has 11 rings (SSSR count). The van der Waals surface area contributed by atoms with Gasteiger partial charge in [-0.15, -0.1) is 0 Å². The van der Waals surface area contributed by atoms with Crippen molar-refractivity contribution in [3.63, 3.8) is 0 Å². The molecule has 0 radical (unpaired) electrons. The summed E-state index contributed by atoms with van der Waals surface area (Å²) in [7, 11) is 0. The molecule has 4 aromatic heterocycles. The summed E-state index contributed by atoms with van der Waals surface area (Å²) >= 11 is -2.88. The molecule has 3 aliphatic heterocycles. The lowest BCUT2D eigenvalue weighted by molar-refractivity contribution is -0.781. The van der Waals surface area contributed by atoms with E-state index in [0.29, 0.717) is 12.8 Å². The van der Waals surface area contributed by atoms with E-state index in [2.05, 4.69) is 59.4 Å². The average Bonchev–Trinajstić information content (AvgIpc) is 1.61. The standard InChI is InChI=1S/C27H26N8O6.C25H26N6O6.C9H12N6O5.H2O4S/c1-2-14-27(32-33-28)23(39-25(36)20-11-7-4-8-12-20)22(41-38-16-19-9-5-3-6-10-19)24(40-27)34-15-13-21(31-26(34)37)35-18-29-17-30-35;1-2-14-25(29-30-27)21(35-23(32)18-11-7-4-8-12-18)20(37-34-16-17-9-5-3-6-10-17)22(36-25)31-15-13-19(26)28-24(31)33;10-4-1-2-15(8(19)12-4)7-5(17)6(18)9(3-16,20-7)13-14-11;1-4-5(2)3/h3-13,15,17-18,22-24H,2,14,16H2,1H3;3-13,15,20-22H,2,14,16H2,1H3,(H2,26,28,33);1-2,5-7,16-18H,3H2,(H2,10,12,19);1H,(H,2,3)/p-1/t22-,23+,24-,27-;20-,21+,22-,25-;5-,6+,7-,9-;/m111./s1. The molecule has 7 heterocycles. The maximum Gasteiger partial charge on any atom is 0.499 e. The number of azide groups is 3. The van der Waals surface area contributed by atoms with E-state index in [0.717, 1.165) is 24.8 Å². The van der Waals surface area contributed by atoms with Crippen molar-refractivity contribution < 1.29 is 91.1 Å². The molecule has 542 valence electrons. The summed E-state index contributed by atoms with van der Waals surface area (Å²) in [6, 6.07) is 39.4. The Bertz CT molecular complexity index is 4470. The van der Waals surface area contributed by atoms with Crippen molar-refractivity contribution in [3.8, 4) is 5.82 Å². The summed E-state index contributed by atoms with van der Waals surface area (Å²) in [5.41, 5.74) is 33.0. The topological polar surface area (TPSA) is 586 Å². The molecule has 41 nitrogen and oxygen atoms in total. The number of aliphatic hydroxyl groups excluding tert-OH is 3.